The molecule has 10 heteroatoms. The number of hydrogen-bond acceptors (Lipinski definition) is 4. The third kappa shape index (κ3) is 4.08. The molecule has 1 aromatic rings. The number of alkyl halides is 4. The van der Waals surface area contributed by atoms with Crippen molar-refractivity contribution in [3.63, 3.8) is 0 Å². The molecule has 0 aliphatic rings. The number of carbonyl (C=O) groups is 1. The van der Waals surface area contributed by atoms with Crippen LogP contribution in [0.15, 0.2) is 5.16 Å². The molecular weight excluding hydrogens is 290 g/mol. The molecule has 0 aromatic carbocycles. The van der Waals surface area contributed by atoms with Crippen molar-refractivity contribution in [2.75, 3.05) is 5.75 Å². The van der Waals surface area contributed by atoms with Crippen molar-refractivity contribution >= 4 is 17.7 Å². The van der Waals surface area contributed by atoms with Gasteiger partial charge in [-0.05, 0) is 0 Å². The Balaban J connectivity index is 2.96. The van der Waals surface area contributed by atoms with E-state index in [1.54, 1.807) is 6.92 Å². The number of carboxylic acid groups (broad SMARTS) is 1. The maximum absolute atomic E-state index is 13.1. The van der Waals surface area contributed by atoms with Gasteiger partial charge in [-0.1, -0.05) is 18.7 Å². The Morgan fingerprint density at radius 3 is 2.58 bits per heavy atom. The third-order valence-corrected chi connectivity index (χ3v) is 3.07. The molecule has 0 aliphatic heterocycles. The van der Waals surface area contributed by atoms with Crippen molar-refractivity contribution in [1.82, 2.24) is 14.8 Å². The normalized spacial score (nSPS) is 12.1. The molecule has 5 nitrogen and oxygen atoms in total. The van der Waals surface area contributed by atoms with E-state index in [0.29, 0.717) is 11.8 Å². The van der Waals surface area contributed by atoms with E-state index in [4.69, 9.17) is 5.11 Å². The number of thioether (sulfide) groups is 1. The molecule has 0 bridgehead atoms. The number of aliphatic carboxylic acids is 1. The largest absolute Gasteiger partial charge is 0.481 e. The summed E-state index contributed by atoms with van der Waals surface area (Å²) < 4.78 is 51.3. The quantitative estimate of drug-likeness (QED) is 0.615. The summed E-state index contributed by atoms with van der Waals surface area (Å²) in [4.78, 5) is 10.4. The fourth-order valence-electron chi connectivity index (χ4n) is 1.25. The molecule has 1 N–H and O–H groups in total. The number of aromatic nitrogens is 3. The van der Waals surface area contributed by atoms with Crippen LogP contribution in [0.3, 0.4) is 0 Å². The summed E-state index contributed by atoms with van der Waals surface area (Å²) in [5, 5.41) is 15.5. The fourth-order valence-corrected chi connectivity index (χ4v) is 1.93. The highest BCUT2D eigenvalue weighted by molar-refractivity contribution is 7.99. The zero-order chi connectivity index (χ0) is 14.6. The maximum Gasteiger partial charge on any atom is 0.325 e. The first-order valence-corrected chi connectivity index (χ1v) is 6.19. The number of carboxylic acids is 1. The number of hydrogen-bond donors (Lipinski definition) is 1. The molecule has 0 saturated heterocycles. The first-order chi connectivity index (χ1) is 8.77. The van der Waals surface area contributed by atoms with Gasteiger partial charge in [0.2, 0.25) is 0 Å². The lowest BCUT2D eigenvalue weighted by atomic mass is 10.3. The van der Waals surface area contributed by atoms with E-state index in [2.05, 4.69) is 10.2 Å². The van der Waals surface area contributed by atoms with Crippen LogP contribution in [0, 0.1) is 0 Å². The summed E-state index contributed by atoms with van der Waals surface area (Å²) in [6.45, 7) is 0.329. The number of aryl methyl sites for hydroxylation is 1. The molecule has 0 amide bonds. The highest BCUT2D eigenvalue weighted by Gasteiger charge is 2.42. The molecule has 1 aromatic heterocycles. The molecule has 0 aliphatic carbocycles. The van der Waals surface area contributed by atoms with E-state index in [0.717, 1.165) is 4.57 Å². The van der Waals surface area contributed by atoms with Crippen LogP contribution in [-0.2, 0) is 17.8 Å². The molecule has 0 saturated carbocycles. The van der Waals surface area contributed by atoms with Gasteiger partial charge < -0.3 is 5.11 Å². The predicted molar refractivity (Wildman–Crippen MR) is 58.7 cm³/mol. The highest BCUT2D eigenvalue weighted by atomic mass is 32.2. The lowest BCUT2D eigenvalue weighted by molar-refractivity contribution is -0.139. The van der Waals surface area contributed by atoms with Gasteiger partial charge in [-0.3, -0.25) is 9.36 Å². The molecule has 1 rings (SSSR count). The van der Waals surface area contributed by atoms with E-state index in [9.17, 15) is 22.4 Å². The lowest BCUT2D eigenvalue weighted by Gasteiger charge is -2.17. The summed E-state index contributed by atoms with van der Waals surface area (Å²) in [5.74, 6) is -5.70. The van der Waals surface area contributed by atoms with E-state index in [-0.39, 0.29) is 17.4 Å². The average molecular weight is 301 g/mol. The van der Waals surface area contributed by atoms with Crippen LogP contribution < -0.4 is 0 Å². The van der Waals surface area contributed by atoms with E-state index < -0.39 is 30.6 Å². The lowest BCUT2D eigenvalue weighted by Crippen LogP contribution is -2.33. The topological polar surface area (TPSA) is 68.0 Å². The van der Waals surface area contributed by atoms with Crippen molar-refractivity contribution < 1.29 is 27.5 Å². The Morgan fingerprint density at radius 1 is 1.47 bits per heavy atom. The van der Waals surface area contributed by atoms with Crippen LogP contribution in [-0.4, -0.2) is 43.9 Å². The first-order valence-electron chi connectivity index (χ1n) is 5.20. The maximum atomic E-state index is 13.1. The second-order valence-electron chi connectivity index (χ2n) is 3.58. The Kier molecular flexibility index (Phi) is 5.15. The molecule has 0 spiro atoms. The Labute approximate surface area is 110 Å². The molecule has 0 radical (unpaired) electrons. The van der Waals surface area contributed by atoms with E-state index in [1.165, 1.54) is 0 Å². The van der Waals surface area contributed by atoms with Crippen molar-refractivity contribution in [1.29, 1.82) is 0 Å². The van der Waals surface area contributed by atoms with Gasteiger partial charge in [-0.15, -0.1) is 10.2 Å². The number of halogens is 4. The minimum atomic E-state index is -4.22. The van der Waals surface area contributed by atoms with Crippen molar-refractivity contribution in [2.24, 2.45) is 0 Å². The molecule has 0 unspecified atom stereocenters. The Bertz CT molecular complexity index is 453. The fraction of sp³-hybridized carbons (Fsp3) is 0.667. The molecule has 0 fully saturated rings. The average Bonchev–Trinajstić information content (AvgIpc) is 2.67. The van der Waals surface area contributed by atoms with Crippen LogP contribution in [0.2, 0.25) is 0 Å². The van der Waals surface area contributed by atoms with Crippen molar-refractivity contribution in [2.45, 2.75) is 37.4 Å². The Morgan fingerprint density at radius 2 is 2.11 bits per heavy atom. The standard InChI is InChI=1S/C9H11F4N3O2S/c1-2-5-14-15-8(19-3-6(17)18)16(5)4-9(12,13)7(10)11/h7H,2-4H2,1H3,(H,17,18). The summed E-state index contributed by atoms with van der Waals surface area (Å²) in [5.41, 5.74) is 0. The van der Waals surface area contributed by atoms with Gasteiger partial charge in [0.05, 0.1) is 12.3 Å². The molecule has 0 atom stereocenters. The van der Waals surface area contributed by atoms with Crippen molar-refractivity contribution in [3.8, 4) is 0 Å². The zero-order valence-corrected chi connectivity index (χ0v) is 10.6. The third-order valence-electron chi connectivity index (χ3n) is 2.12. The van der Waals surface area contributed by atoms with Crippen LogP contribution >= 0.6 is 11.8 Å². The zero-order valence-electron chi connectivity index (χ0n) is 9.82. The van der Waals surface area contributed by atoms with Gasteiger partial charge >= 0.3 is 18.3 Å². The molecule has 1 heterocycles. The SMILES string of the molecule is CCc1nnc(SCC(=O)O)n1CC(F)(F)C(F)F. The van der Waals surface area contributed by atoms with Crippen molar-refractivity contribution in [3.05, 3.63) is 5.82 Å². The van der Waals surface area contributed by atoms with Gasteiger partial charge in [0.15, 0.2) is 5.16 Å². The molecule has 19 heavy (non-hydrogen) atoms. The number of rotatable bonds is 7. The van der Waals surface area contributed by atoms with E-state index >= 15 is 0 Å². The molecule has 108 valence electrons. The summed E-state index contributed by atoms with van der Waals surface area (Å²) in [6.07, 6.45) is -3.59. The molecular formula is C9H11F4N3O2S. The highest BCUT2D eigenvalue weighted by Crippen LogP contribution is 2.28. The first kappa shape index (κ1) is 15.7. The van der Waals surface area contributed by atoms with E-state index in [1.807, 2.05) is 0 Å². The van der Waals surface area contributed by atoms with Crippen LogP contribution in [0.1, 0.15) is 12.7 Å². The minimum Gasteiger partial charge on any atom is -0.481 e. The predicted octanol–water partition coefficient (Wildman–Crippen LogP) is 1.92. The number of nitrogens with zero attached hydrogens (tertiary/aromatic N) is 3. The van der Waals surface area contributed by atoms with Crippen LogP contribution in [0.5, 0.6) is 0 Å². The van der Waals surface area contributed by atoms with Gasteiger partial charge in [0, 0.05) is 6.42 Å². The van der Waals surface area contributed by atoms with Crippen LogP contribution in [0.25, 0.3) is 0 Å². The second kappa shape index (κ2) is 6.22. The van der Waals surface area contributed by atoms with Gasteiger partial charge in [-0.2, -0.15) is 8.78 Å². The summed E-state index contributed by atoms with van der Waals surface area (Å²) in [7, 11) is 0. The smallest absolute Gasteiger partial charge is 0.325 e. The minimum absolute atomic E-state index is 0.105. The van der Waals surface area contributed by atoms with Gasteiger partial charge in [0.1, 0.15) is 5.82 Å². The second-order valence-corrected chi connectivity index (χ2v) is 4.53. The van der Waals surface area contributed by atoms with Gasteiger partial charge in [0.25, 0.3) is 0 Å². The summed E-state index contributed by atoms with van der Waals surface area (Å²) in [6, 6.07) is 0. The summed E-state index contributed by atoms with van der Waals surface area (Å²) >= 11 is 0.655. The van der Waals surface area contributed by atoms with Crippen LogP contribution in [0.4, 0.5) is 17.6 Å². The monoisotopic (exact) mass is 301 g/mol. The Hall–Kier alpha value is -1.32. The van der Waals surface area contributed by atoms with Gasteiger partial charge in [-0.25, -0.2) is 8.78 Å².